The van der Waals surface area contributed by atoms with Crippen LogP contribution < -0.4 is 0 Å². The summed E-state index contributed by atoms with van der Waals surface area (Å²) < 4.78 is 10.6. The van der Waals surface area contributed by atoms with Gasteiger partial charge >= 0.3 is 0 Å². The Balaban J connectivity index is 4.07. The molecule has 0 spiro atoms. The van der Waals surface area contributed by atoms with Gasteiger partial charge < -0.3 is 9.47 Å². The fraction of sp³-hybridized carbons (Fsp3) is 0.529. The van der Waals surface area contributed by atoms with Crippen LogP contribution in [0.3, 0.4) is 0 Å². The molecular formula is C17H28O2. The van der Waals surface area contributed by atoms with Crippen molar-refractivity contribution in [3.63, 3.8) is 0 Å². The highest BCUT2D eigenvalue weighted by molar-refractivity contribution is 5.40. The third-order valence-electron chi connectivity index (χ3n) is 2.84. The first-order valence-electron chi connectivity index (χ1n) is 6.90. The molecule has 0 saturated carbocycles. The van der Waals surface area contributed by atoms with Gasteiger partial charge in [0.1, 0.15) is 0 Å². The van der Waals surface area contributed by atoms with E-state index in [1.54, 1.807) is 7.11 Å². The number of allylic oxidation sites excluding steroid dienone is 6. The largest absolute Gasteiger partial charge is 0.501 e. The van der Waals surface area contributed by atoms with Crippen molar-refractivity contribution < 1.29 is 9.47 Å². The van der Waals surface area contributed by atoms with Crippen molar-refractivity contribution in [3.8, 4) is 0 Å². The average Bonchev–Trinajstić information content (AvgIpc) is 2.43. The van der Waals surface area contributed by atoms with Gasteiger partial charge in [-0.05, 0) is 51.2 Å². The molecule has 0 amide bonds. The first-order chi connectivity index (χ1) is 9.15. The molecule has 0 radical (unpaired) electrons. The van der Waals surface area contributed by atoms with Crippen LogP contribution in [0.4, 0.5) is 0 Å². The molecule has 2 nitrogen and oxygen atoms in total. The fourth-order valence-electron chi connectivity index (χ4n) is 1.59. The Kier molecular flexibility index (Phi) is 11.0. The SMILES string of the molecule is C=C\C(C)=C/C(=C\C)C(/C)=C/OCCCCCOC. The number of ether oxygens (including phenoxy) is 2. The van der Waals surface area contributed by atoms with E-state index in [0.717, 1.165) is 43.6 Å². The summed E-state index contributed by atoms with van der Waals surface area (Å²) in [5.74, 6) is 0. The van der Waals surface area contributed by atoms with Crippen LogP contribution in [0, 0.1) is 0 Å². The van der Waals surface area contributed by atoms with Gasteiger partial charge in [-0.2, -0.15) is 0 Å². The molecule has 0 aliphatic heterocycles. The maximum absolute atomic E-state index is 5.57. The molecule has 0 atom stereocenters. The highest BCUT2D eigenvalue weighted by Crippen LogP contribution is 2.14. The summed E-state index contributed by atoms with van der Waals surface area (Å²) in [6.07, 6.45) is 11.2. The van der Waals surface area contributed by atoms with Gasteiger partial charge in [0.25, 0.3) is 0 Å². The van der Waals surface area contributed by atoms with E-state index in [1.165, 1.54) is 5.57 Å². The molecule has 0 aromatic heterocycles. The summed E-state index contributed by atoms with van der Waals surface area (Å²) in [7, 11) is 1.74. The van der Waals surface area contributed by atoms with E-state index >= 15 is 0 Å². The van der Waals surface area contributed by atoms with Gasteiger partial charge in [-0.3, -0.25) is 0 Å². The Morgan fingerprint density at radius 3 is 2.37 bits per heavy atom. The lowest BCUT2D eigenvalue weighted by atomic mass is 10.1. The van der Waals surface area contributed by atoms with Crippen molar-refractivity contribution in [1.29, 1.82) is 0 Å². The summed E-state index contributed by atoms with van der Waals surface area (Å²) in [5, 5.41) is 0. The molecule has 0 N–H and O–H groups in total. The van der Waals surface area contributed by atoms with Crippen molar-refractivity contribution >= 4 is 0 Å². The van der Waals surface area contributed by atoms with Gasteiger partial charge in [-0.15, -0.1) is 0 Å². The van der Waals surface area contributed by atoms with Crippen LogP contribution in [-0.4, -0.2) is 20.3 Å². The molecular weight excluding hydrogens is 236 g/mol. The predicted octanol–water partition coefficient (Wildman–Crippen LogP) is 4.80. The number of unbranched alkanes of at least 4 members (excludes halogenated alkanes) is 2. The standard InChI is InChI=1S/C17H28O2/c1-6-15(3)13-17(7-2)16(4)14-19-12-10-8-9-11-18-5/h6-7,13-14H,1,8-12H2,2-5H3/b15-13-,16-14+,17-7+. The normalized spacial score (nSPS) is 13.6. The van der Waals surface area contributed by atoms with Crippen LogP contribution >= 0.6 is 0 Å². The Bertz CT molecular complexity index is 335. The van der Waals surface area contributed by atoms with Crippen LogP contribution in [0.15, 0.2) is 47.8 Å². The van der Waals surface area contributed by atoms with E-state index in [9.17, 15) is 0 Å². The zero-order chi connectivity index (χ0) is 14.5. The molecule has 0 aliphatic carbocycles. The van der Waals surface area contributed by atoms with E-state index < -0.39 is 0 Å². The zero-order valence-electron chi connectivity index (χ0n) is 12.9. The second kappa shape index (κ2) is 11.8. The molecule has 0 fully saturated rings. The van der Waals surface area contributed by atoms with E-state index in [4.69, 9.17) is 9.47 Å². The maximum atomic E-state index is 5.57. The highest BCUT2D eigenvalue weighted by Gasteiger charge is 1.96. The first-order valence-corrected chi connectivity index (χ1v) is 6.90. The quantitative estimate of drug-likeness (QED) is 0.320. The average molecular weight is 264 g/mol. The maximum Gasteiger partial charge on any atom is 0.0873 e. The number of rotatable bonds is 10. The molecule has 0 bridgehead atoms. The van der Waals surface area contributed by atoms with Gasteiger partial charge in [0.15, 0.2) is 0 Å². The van der Waals surface area contributed by atoms with Crippen molar-refractivity contribution in [2.75, 3.05) is 20.3 Å². The third kappa shape index (κ3) is 9.32. The van der Waals surface area contributed by atoms with E-state index in [1.807, 2.05) is 26.2 Å². The number of hydrogen-bond acceptors (Lipinski definition) is 2. The Morgan fingerprint density at radius 2 is 1.79 bits per heavy atom. The lowest BCUT2D eigenvalue weighted by Crippen LogP contribution is -1.93. The van der Waals surface area contributed by atoms with E-state index in [0.29, 0.717) is 0 Å². The van der Waals surface area contributed by atoms with Crippen molar-refractivity contribution in [1.82, 2.24) is 0 Å². The highest BCUT2D eigenvalue weighted by atomic mass is 16.5. The van der Waals surface area contributed by atoms with Crippen LogP contribution in [-0.2, 0) is 9.47 Å². The van der Waals surface area contributed by atoms with Crippen LogP contribution in [0.5, 0.6) is 0 Å². The minimum absolute atomic E-state index is 0.766. The molecule has 0 aromatic rings. The first kappa shape index (κ1) is 17.7. The summed E-state index contributed by atoms with van der Waals surface area (Å²) >= 11 is 0. The lowest BCUT2D eigenvalue weighted by Gasteiger charge is -2.06. The fourth-order valence-corrected chi connectivity index (χ4v) is 1.59. The topological polar surface area (TPSA) is 18.5 Å². The lowest BCUT2D eigenvalue weighted by molar-refractivity contribution is 0.185. The second-order valence-electron chi connectivity index (χ2n) is 4.56. The second-order valence-corrected chi connectivity index (χ2v) is 4.56. The Morgan fingerprint density at radius 1 is 1.11 bits per heavy atom. The summed E-state index contributed by atoms with van der Waals surface area (Å²) in [6.45, 7) is 11.5. The Hall–Kier alpha value is -1.28. The zero-order valence-corrected chi connectivity index (χ0v) is 12.9. The summed E-state index contributed by atoms with van der Waals surface area (Å²) in [4.78, 5) is 0. The monoisotopic (exact) mass is 264 g/mol. The molecule has 108 valence electrons. The molecule has 0 unspecified atom stereocenters. The molecule has 0 aromatic carbocycles. The van der Waals surface area contributed by atoms with Gasteiger partial charge in [0.05, 0.1) is 12.9 Å². The minimum atomic E-state index is 0.766. The van der Waals surface area contributed by atoms with Gasteiger partial charge in [-0.25, -0.2) is 0 Å². The van der Waals surface area contributed by atoms with Crippen LogP contribution in [0.2, 0.25) is 0 Å². The van der Waals surface area contributed by atoms with Gasteiger partial charge in [-0.1, -0.05) is 30.4 Å². The molecule has 0 saturated heterocycles. The smallest absolute Gasteiger partial charge is 0.0873 e. The Labute approximate surface area is 118 Å². The van der Waals surface area contributed by atoms with Crippen molar-refractivity contribution in [3.05, 3.63) is 47.8 Å². The van der Waals surface area contributed by atoms with E-state index in [2.05, 4.69) is 25.7 Å². The molecule has 0 aliphatic rings. The molecule has 0 rings (SSSR count). The van der Waals surface area contributed by atoms with Crippen LogP contribution in [0.1, 0.15) is 40.0 Å². The van der Waals surface area contributed by atoms with Gasteiger partial charge in [0, 0.05) is 13.7 Å². The molecule has 19 heavy (non-hydrogen) atoms. The summed E-state index contributed by atoms with van der Waals surface area (Å²) in [5.41, 5.74) is 3.47. The minimum Gasteiger partial charge on any atom is -0.501 e. The molecule has 0 heterocycles. The number of methoxy groups -OCH3 is 1. The van der Waals surface area contributed by atoms with Crippen LogP contribution in [0.25, 0.3) is 0 Å². The third-order valence-corrected chi connectivity index (χ3v) is 2.84. The predicted molar refractivity (Wildman–Crippen MR) is 83.1 cm³/mol. The molecule has 2 heteroatoms. The van der Waals surface area contributed by atoms with Gasteiger partial charge in [0.2, 0.25) is 0 Å². The van der Waals surface area contributed by atoms with Crippen molar-refractivity contribution in [2.24, 2.45) is 0 Å². The summed E-state index contributed by atoms with van der Waals surface area (Å²) in [6, 6.07) is 0. The van der Waals surface area contributed by atoms with E-state index in [-0.39, 0.29) is 0 Å². The number of hydrogen-bond donors (Lipinski definition) is 0. The van der Waals surface area contributed by atoms with Crippen molar-refractivity contribution in [2.45, 2.75) is 40.0 Å².